The minimum atomic E-state index is -3.60. The highest BCUT2D eigenvalue weighted by atomic mass is 19.3. The minimum Gasteiger partial charge on any atom is -0.494 e. The molecular weight excluding hydrogens is 444 g/mol. The summed E-state index contributed by atoms with van der Waals surface area (Å²) in [5, 5.41) is 2.93. The van der Waals surface area contributed by atoms with Gasteiger partial charge in [0, 0.05) is 44.4 Å². The average Bonchev–Trinajstić information content (AvgIpc) is 3.13. The maximum absolute atomic E-state index is 13.5. The fraction of sp³-hybridized carbons (Fsp3) is 0.480. The van der Waals surface area contributed by atoms with E-state index in [9.17, 15) is 13.6 Å². The molecule has 3 heterocycles. The van der Waals surface area contributed by atoms with Crippen molar-refractivity contribution < 1.29 is 27.8 Å². The number of nitrogens with zero attached hydrogens (tertiary/aromatic N) is 2. The van der Waals surface area contributed by atoms with Gasteiger partial charge in [0.1, 0.15) is 5.75 Å². The number of rotatable bonds is 7. The van der Waals surface area contributed by atoms with Crippen LogP contribution in [0, 0.1) is 0 Å². The van der Waals surface area contributed by atoms with Crippen LogP contribution in [-0.2, 0) is 4.79 Å². The summed E-state index contributed by atoms with van der Waals surface area (Å²) in [7, 11) is 0. The van der Waals surface area contributed by atoms with Gasteiger partial charge in [-0.3, -0.25) is 9.69 Å². The standard InChI is InChI=1S/C25H29F2N3O4/c1-17-15-23(31)28-20-16-18(7-8-19(17)20)32-14-3-2-9-29-10-12-30(13-11-29)21-5-4-6-22-24(21)34-25(26,27)33-22/h4-8,16-17H,2-3,9-15H2,1H3,(H,28,31). The largest absolute Gasteiger partial charge is 0.586 e. The van der Waals surface area contributed by atoms with Gasteiger partial charge < -0.3 is 24.4 Å². The number of amides is 1. The highest BCUT2D eigenvalue weighted by molar-refractivity contribution is 5.94. The number of carbonyl (C=O) groups excluding carboxylic acids is 1. The summed E-state index contributed by atoms with van der Waals surface area (Å²) in [5.74, 6) is 1.25. The van der Waals surface area contributed by atoms with Crippen LogP contribution < -0.4 is 24.4 Å². The number of piperazine rings is 1. The van der Waals surface area contributed by atoms with Crippen molar-refractivity contribution in [1.82, 2.24) is 4.90 Å². The van der Waals surface area contributed by atoms with Gasteiger partial charge in [-0.05, 0) is 49.1 Å². The van der Waals surface area contributed by atoms with Gasteiger partial charge in [0.05, 0.1) is 12.3 Å². The number of halogens is 2. The van der Waals surface area contributed by atoms with Crippen molar-refractivity contribution in [2.45, 2.75) is 38.4 Å². The number of alkyl halides is 2. The van der Waals surface area contributed by atoms with Crippen molar-refractivity contribution in [2.75, 3.05) is 49.5 Å². The van der Waals surface area contributed by atoms with Gasteiger partial charge in [-0.1, -0.05) is 19.1 Å². The normalized spacial score (nSPS) is 21.2. The van der Waals surface area contributed by atoms with E-state index in [1.165, 1.54) is 6.07 Å². The first-order valence-corrected chi connectivity index (χ1v) is 11.8. The number of fused-ring (bicyclic) bond motifs is 2. The van der Waals surface area contributed by atoms with Crippen LogP contribution >= 0.6 is 0 Å². The SMILES string of the molecule is CC1CC(=O)Nc2cc(OCCCCN3CCN(c4cccc5c4OC(F)(F)O5)CC3)ccc21. The van der Waals surface area contributed by atoms with Crippen molar-refractivity contribution in [3.8, 4) is 17.2 Å². The molecule has 0 bridgehead atoms. The van der Waals surface area contributed by atoms with Gasteiger partial charge in [0.25, 0.3) is 0 Å². The van der Waals surface area contributed by atoms with Crippen LogP contribution in [-0.4, -0.2) is 56.4 Å². The smallest absolute Gasteiger partial charge is 0.494 e. The number of para-hydroxylation sites is 1. The first kappa shape index (κ1) is 22.7. The molecule has 3 aliphatic rings. The van der Waals surface area contributed by atoms with Crippen LogP contribution in [0.5, 0.6) is 17.2 Å². The summed E-state index contributed by atoms with van der Waals surface area (Å²) < 4.78 is 42.1. The predicted molar refractivity (Wildman–Crippen MR) is 124 cm³/mol. The van der Waals surface area contributed by atoms with E-state index in [2.05, 4.69) is 26.8 Å². The number of hydrogen-bond acceptors (Lipinski definition) is 6. The molecule has 2 aromatic rings. The molecule has 1 saturated heterocycles. The third-order valence-electron chi connectivity index (χ3n) is 6.58. The topological polar surface area (TPSA) is 63.3 Å². The Morgan fingerprint density at radius 1 is 1.12 bits per heavy atom. The van der Waals surface area contributed by atoms with Crippen molar-refractivity contribution in [2.24, 2.45) is 0 Å². The van der Waals surface area contributed by atoms with Gasteiger partial charge in [-0.25, -0.2) is 0 Å². The molecule has 7 nitrogen and oxygen atoms in total. The van der Waals surface area contributed by atoms with Crippen LogP contribution in [0.1, 0.15) is 37.7 Å². The highest BCUT2D eigenvalue weighted by Gasteiger charge is 2.45. The van der Waals surface area contributed by atoms with E-state index >= 15 is 0 Å². The molecule has 1 N–H and O–H groups in total. The lowest BCUT2D eigenvalue weighted by atomic mass is 9.92. The fourth-order valence-electron chi connectivity index (χ4n) is 4.80. The van der Waals surface area contributed by atoms with E-state index in [1.54, 1.807) is 12.1 Å². The Labute approximate surface area is 197 Å². The molecule has 0 spiro atoms. The monoisotopic (exact) mass is 473 g/mol. The van der Waals surface area contributed by atoms with Crippen LogP contribution in [0.15, 0.2) is 36.4 Å². The maximum Gasteiger partial charge on any atom is 0.586 e. The Morgan fingerprint density at radius 2 is 1.94 bits per heavy atom. The quantitative estimate of drug-likeness (QED) is 0.600. The molecule has 9 heteroatoms. The van der Waals surface area contributed by atoms with E-state index in [-0.39, 0.29) is 23.3 Å². The lowest BCUT2D eigenvalue weighted by Gasteiger charge is -2.36. The van der Waals surface area contributed by atoms with Crippen molar-refractivity contribution in [3.05, 3.63) is 42.0 Å². The van der Waals surface area contributed by atoms with Gasteiger partial charge in [-0.15, -0.1) is 8.78 Å². The molecule has 1 fully saturated rings. The number of unbranched alkanes of at least 4 members (excludes halogenated alkanes) is 1. The molecule has 3 aliphatic heterocycles. The summed E-state index contributed by atoms with van der Waals surface area (Å²) in [4.78, 5) is 16.2. The van der Waals surface area contributed by atoms with E-state index in [1.807, 2.05) is 18.2 Å². The van der Waals surface area contributed by atoms with Gasteiger partial charge in [-0.2, -0.15) is 0 Å². The maximum atomic E-state index is 13.5. The number of anilines is 2. The minimum absolute atomic E-state index is 0.0488. The Balaban J connectivity index is 1.04. The number of carbonyl (C=O) groups is 1. The second kappa shape index (κ2) is 9.29. The lowest BCUT2D eigenvalue weighted by molar-refractivity contribution is -0.286. The molecule has 182 valence electrons. The second-order valence-corrected chi connectivity index (χ2v) is 9.06. The molecule has 34 heavy (non-hydrogen) atoms. The third-order valence-corrected chi connectivity index (χ3v) is 6.58. The lowest BCUT2D eigenvalue weighted by Crippen LogP contribution is -2.46. The van der Waals surface area contributed by atoms with Crippen molar-refractivity contribution in [3.63, 3.8) is 0 Å². The molecule has 0 aliphatic carbocycles. The van der Waals surface area contributed by atoms with Gasteiger partial charge >= 0.3 is 6.29 Å². The summed E-state index contributed by atoms with van der Waals surface area (Å²) >= 11 is 0. The molecule has 0 radical (unpaired) electrons. The van der Waals surface area contributed by atoms with E-state index in [0.29, 0.717) is 18.7 Å². The number of ether oxygens (including phenoxy) is 3. The van der Waals surface area contributed by atoms with Crippen LogP contribution in [0.3, 0.4) is 0 Å². The Hall–Kier alpha value is -3.07. The summed E-state index contributed by atoms with van der Waals surface area (Å²) in [5.41, 5.74) is 2.65. The Kier molecular flexibility index (Phi) is 6.20. The number of nitrogens with one attached hydrogen (secondary N) is 1. The molecule has 0 saturated carbocycles. The van der Waals surface area contributed by atoms with Gasteiger partial charge in [0.15, 0.2) is 11.5 Å². The van der Waals surface area contributed by atoms with Crippen molar-refractivity contribution in [1.29, 1.82) is 0 Å². The number of hydrogen-bond donors (Lipinski definition) is 1. The number of benzene rings is 2. The Bertz CT molecular complexity index is 1060. The highest BCUT2D eigenvalue weighted by Crippen LogP contribution is 2.47. The molecular formula is C25H29F2N3O4. The molecule has 1 atom stereocenters. The fourth-order valence-corrected chi connectivity index (χ4v) is 4.80. The summed E-state index contributed by atoms with van der Waals surface area (Å²) in [6.45, 7) is 6.81. The Morgan fingerprint density at radius 3 is 2.76 bits per heavy atom. The zero-order valence-corrected chi connectivity index (χ0v) is 19.2. The van der Waals surface area contributed by atoms with E-state index in [4.69, 9.17) is 9.47 Å². The van der Waals surface area contributed by atoms with E-state index in [0.717, 1.165) is 62.6 Å². The molecule has 1 amide bonds. The first-order chi connectivity index (χ1) is 16.4. The zero-order chi connectivity index (χ0) is 23.7. The predicted octanol–water partition coefficient (Wildman–Crippen LogP) is 4.44. The van der Waals surface area contributed by atoms with Crippen LogP contribution in [0.2, 0.25) is 0 Å². The second-order valence-electron chi connectivity index (χ2n) is 9.06. The average molecular weight is 474 g/mol. The van der Waals surface area contributed by atoms with Crippen LogP contribution in [0.25, 0.3) is 0 Å². The molecule has 5 rings (SSSR count). The molecule has 2 aromatic carbocycles. The molecule has 1 unspecified atom stereocenters. The van der Waals surface area contributed by atoms with E-state index < -0.39 is 6.29 Å². The van der Waals surface area contributed by atoms with Gasteiger partial charge in [0.2, 0.25) is 5.91 Å². The third kappa shape index (κ3) is 4.89. The summed E-state index contributed by atoms with van der Waals surface area (Å²) in [6.07, 6.45) is -1.16. The zero-order valence-electron chi connectivity index (χ0n) is 19.2. The first-order valence-electron chi connectivity index (χ1n) is 11.8. The van der Waals surface area contributed by atoms with Crippen molar-refractivity contribution >= 4 is 17.3 Å². The molecule has 0 aromatic heterocycles. The summed E-state index contributed by atoms with van der Waals surface area (Å²) in [6, 6.07) is 10.9. The van der Waals surface area contributed by atoms with Crippen LogP contribution in [0.4, 0.5) is 20.2 Å².